The summed E-state index contributed by atoms with van der Waals surface area (Å²) in [5.41, 5.74) is 1.04. The van der Waals surface area contributed by atoms with Crippen LogP contribution < -0.4 is 5.32 Å². The molecule has 0 aromatic heterocycles. The smallest absolute Gasteiger partial charge is 0.303 e. The summed E-state index contributed by atoms with van der Waals surface area (Å²) in [5.74, 6) is -0.137. The molecule has 3 heteroatoms. The number of carbonyl (C=O) groups excluding carboxylic acids is 1. The molecule has 0 saturated heterocycles. The van der Waals surface area contributed by atoms with Crippen LogP contribution in [0.3, 0.4) is 0 Å². The van der Waals surface area contributed by atoms with E-state index in [2.05, 4.69) is 10.2 Å². The summed E-state index contributed by atoms with van der Waals surface area (Å²) in [5, 5.41) is 2.78. The molecule has 1 rings (SSSR count). The highest BCUT2D eigenvalue weighted by Gasteiger charge is 2.26. The first kappa shape index (κ1) is 12.3. The maximum atomic E-state index is 11.7. The SMILES string of the molecule is [C-]#[N+]C(C(=O)NCc1ccccc1)C(C)C. The van der Waals surface area contributed by atoms with E-state index in [9.17, 15) is 4.79 Å². The zero-order valence-corrected chi connectivity index (χ0v) is 9.60. The van der Waals surface area contributed by atoms with Crippen molar-refractivity contribution in [3.8, 4) is 0 Å². The highest BCUT2D eigenvalue weighted by atomic mass is 16.2. The van der Waals surface area contributed by atoms with Crippen LogP contribution in [0.1, 0.15) is 19.4 Å². The summed E-state index contributed by atoms with van der Waals surface area (Å²) in [6, 6.07) is 9.10. The third-order valence-electron chi connectivity index (χ3n) is 2.35. The fourth-order valence-electron chi connectivity index (χ4n) is 1.40. The maximum Gasteiger partial charge on any atom is 0.303 e. The van der Waals surface area contributed by atoms with Crippen LogP contribution in [0.25, 0.3) is 4.85 Å². The van der Waals surface area contributed by atoms with Gasteiger partial charge in [-0.25, -0.2) is 6.57 Å². The number of hydrogen-bond donors (Lipinski definition) is 1. The molecule has 0 aliphatic heterocycles. The molecule has 0 aliphatic carbocycles. The molecule has 1 unspecified atom stereocenters. The molecular formula is C13H16N2O. The summed E-state index contributed by atoms with van der Waals surface area (Å²) >= 11 is 0. The van der Waals surface area contributed by atoms with Gasteiger partial charge in [0.15, 0.2) is 0 Å². The van der Waals surface area contributed by atoms with E-state index in [0.29, 0.717) is 6.54 Å². The molecule has 0 aliphatic rings. The standard InChI is InChI=1S/C13H16N2O/c1-10(2)12(14-3)13(16)15-9-11-7-5-4-6-8-11/h4-8,10,12H,9H2,1-2H3,(H,15,16). The molecule has 1 aromatic carbocycles. The molecular weight excluding hydrogens is 200 g/mol. The molecule has 3 nitrogen and oxygen atoms in total. The number of nitrogens with one attached hydrogen (secondary N) is 1. The molecule has 84 valence electrons. The molecule has 1 aromatic rings. The third kappa shape index (κ3) is 3.39. The Morgan fingerprint density at radius 1 is 1.38 bits per heavy atom. The molecule has 0 radical (unpaired) electrons. The summed E-state index contributed by atoms with van der Waals surface area (Å²) < 4.78 is 0. The average Bonchev–Trinajstić information content (AvgIpc) is 2.28. The fourth-order valence-corrected chi connectivity index (χ4v) is 1.40. The van der Waals surface area contributed by atoms with E-state index < -0.39 is 6.04 Å². The molecule has 0 fully saturated rings. The van der Waals surface area contributed by atoms with Crippen molar-refractivity contribution in [2.45, 2.75) is 26.4 Å². The Bertz CT molecular complexity index is 379. The predicted octanol–water partition coefficient (Wildman–Crippen LogP) is 2.25. The maximum absolute atomic E-state index is 11.7. The first-order valence-corrected chi connectivity index (χ1v) is 5.33. The van der Waals surface area contributed by atoms with Crippen molar-refractivity contribution in [3.63, 3.8) is 0 Å². The monoisotopic (exact) mass is 216 g/mol. The molecule has 16 heavy (non-hydrogen) atoms. The van der Waals surface area contributed by atoms with Crippen LogP contribution in [-0.4, -0.2) is 11.9 Å². The van der Waals surface area contributed by atoms with Crippen molar-refractivity contribution in [2.75, 3.05) is 0 Å². The van der Waals surface area contributed by atoms with Crippen LogP contribution in [0.15, 0.2) is 30.3 Å². The van der Waals surface area contributed by atoms with Crippen LogP contribution in [0.4, 0.5) is 0 Å². The number of benzene rings is 1. The Kier molecular flexibility index (Phi) is 4.53. The number of amides is 1. The van der Waals surface area contributed by atoms with E-state index >= 15 is 0 Å². The summed E-state index contributed by atoms with van der Waals surface area (Å²) in [4.78, 5) is 15.0. The third-order valence-corrected chi connectivity index (χ3v) is 2.35. The average molecular weight is 216 g/mol. The fraction of sp³-hybridized carbons (Fsp3) is 0.385. The van der Waals surface area contributed by atoms with Gasteiger partial charge < -0.3 is 10.2 Å². The van der Waals surface area contributed by atoms with Crippen LogP contribution in [0.5, 0.6) is 0 Å². The molecule has 0 saturated carbocycles. The van der Waals surface area contributed by atoms with Crippen LogP contribution in [-0.2, 0) is 11.3 Å². The Labute approximate surface area is 96.3 Å². The lowest BCUT2D eigenvalue weighted by Crippen LogP contribution is -2.35. The summed E-state index contributed by atoms with van der Waals surface area (Å²) in [7, 11) is 0. The zero-order chi connectivity index (χ0) is 12.0. The second-order valence-electron chi connectivity index (χ2n) is 4.02. The van der Waals surface area contributed by atoms with Crippen LogP contribution >= 0.6 is 0 Å². The Balaban J connectivity index is 2.50. The van der Waals surface area contributed by atoms with Crippen molar-refractivity contribution in [3.05, 3.63) is 47.3 Å². The molecule has 0 bridgehead atoms. The van der Waals surface area contributed by atoms with E-state index in [4.69, 9.17) is 6.57 Å². The van der Waals surface area contributed by atoms with Crippen molar-refractivity contribution in [1.29, 1.82) is 0 Å². The van der Waals surface area contributed by atoms with Gasteiger partial charge in [0.2, 0.25) is 0 Å². The van der Waals surface area contributed by atoms with Gasteiger partial charge in [0.05, 0.1) is 0 Å². The second kappa shape index (κ2) is 5.92. The molecule has 1 N–H and O–H groups in total. The number of carbonyl (C=O) groups is 1. The minimum Gasteiger partial charge on any atom is -0.345 e. The topological polar surface area (TPSA) is 33.5 Å². The van der Waals surface area contributed by atoms with Gasteiger partial charge in [0.1, 0.15) is 0 Å². The highest BCUT2D eigenvalue weighted by molar-refractivity contribution is 5.83. The number of rotatable bonds is 4. The number of nitrogens with zero attached hydrogens (tertiary/aromatic N) is 1. The Hall–Kier alpha value is -1.82. The van der Waals surface area contributed by atoms with E-state index in [1.807, 2.05) is 44.2 Å². The van der Waals surface area contributed by atoms with E-state index in [1.165, 1.54) is 0 Å². The van der Waals surface area contributed by atoms with Crippen LogP contribution in [0.2, 0.25) is 0 Å². The summed E-state index contributed by atoms with van der Waals surface area (Å²) in [6.07, 6.45) is 0. The van der Waals surface area contributed by atoms with Gasteiger partial charge in [0, 0.05) is 12.5 Å². The second-order valence-corrected chi connectivity index (χ2v) is 4.02. The van der Waals surface area contributed by atoms with E-state index in [1.54, 1.807) is 0 Å². The highest BCUT2D eigenvalue weighted by Crippen LogP contribution is 2.06. The Morgan fingerprint density at radius 3 is 2.50 bits per heavy atom. The molecule has 1 amide bonds. The lowest BCUT2D eigenvalue weighted by atomic mass is 10.0. The van der Waals surface area contributed by atoms with Crippen molar-refractivity contribution >= 4 is 5.91 Å². The van der Waals surface area contributed by atoms with E-state index in [0.717, 1.165) is 5.56 Å². The van der Waals surface area contributed by atoms with Gasteiger partial charge in [0.25, 0.3) is 0 Å². The number of hydrogen-bond acceptors (Lipinski definition) is 1. The predicted molar refractivity (Wildman–Crippen MR) is 63.5 cm³/mol. The van der Waals surface area contributed by atoms with Crippen molar-refractivity contribution < 1.29 is 4.79 Å². The first-order chi connectivity index (χ1) is 7.65. The van der Waals surface area contributed by atoms with Gasteiger partial charge in [-0.1, -0.05) is 44.2 Å². The lowest BCUT2D eigenvalue weighted by molar-refractivity contribution is -0.122. The van der Waals surface area contributed by atoms with Crippen LogP contribution in [0, 0.1) is 12.5 Å². The minimum absolute atomic E-state index is 0.0493. The van der Waals surface area contributed by atoms with Crippen molar-refractivity contribution in [2.24, 2.45) is 5.92 Å². The molecule has 0 spiro atoms. The molecule has 0 heterocycles. The summed E-state index contributed by atoms with van der Waals surface area (Å²) in [6.45, 7) is 11.2. The van der Waals surface area contributed by atoms with E-state index in [-0.39, 0.29) is 11.8 Å². The largest absolute Gasteiger partial charge is 0.345 e. The van der Waals surface area contributed by atoms with Gasteiger partial charge in [-0.3, -0.25) is 4.79 Å². The normalized spacial score (nSPS) is 11.9. The lowest BCUT2D eigenvalue weighted by Gasteiger charge is -2.09. The van der Waals surface area contributed by atoms with Gasteiger partial charge in [-0.15, -0.1) is 0 Å². The molecule has 1 atom stereocenters. The minimum atomic E-state index is -0.580. The van der Waals surface area contributed by atoms with Gasteiger partial charge in [-0.05, 0) is 5.56 Å². The Morgan fingerprint density at radius 2 is 2.00 bits per heavy atom. The van der Waals surface area contributed by atoms with Crippen molar-refractivity contribution in [1.82, 2.24) is 5.32 Å². The zero-order valence-electron chi connectivity index (χ0n) is 9.60. The van der Waals surface area contributed by atoms with Gasteiger partial charge in [-0.2, -0.15) is 0 Å². The first-order valence-electron chi connectivity index (χ1n) is 5.33. The van der Waals surface area contributed by atoms with Gasteiger partial charge >= 0.3 is 11.9 Å². The quantitative estimate of drug-likeness (QED) is 0.769.